The predicted molar refractivity (Wildman–Crippen MR) is 81.6 cm³/mol. The van der Waals surface area contributed by atoms with Crippen LogP contribution in [0.4, 0.5) is 4.79 Å². The first kappa shape index (κ1) is 17.7. The Hall–Kier alpha value is -1.39. The molecule has 5 nitrogen and oxygen atoms in total. The summed E-state index contributed by atoms with van der Waals surface area (Å²) in [6, 6.07) is -0.648. The lowest BCUT2D eigenvalue weighted by molar-refractivity contribution is -0.153. The molecule has 0 bridgehead atoms. The lowest BCUT2D eigenvalue weighted by atomic mass is 9.78. The van der Waals surface area contributed by atoms with Gasteiger partial charge in [0.1, 0.15) is 5.41 Å². The van der Waals surface area contributed by atoms with E-state index in [1.165, 1.54) is 4.90 Å². The topological polar surface area (TPSA) is 66.5 Å². The van der Waals surface area contributed by atoms with Crippen LogP contribution in [0.25, 0.3) is 0 Å². The number of urea groups is 1. The van der Waals surface area contributed by atoms with Gasteiger partial charge in [0.05, 0.1) is 0 Å². The number of rotatable bonds is 8. The molecular formula is C16H28N2O3. The van der Waals surface area contributed by atoms with Crippen molar-refractivity contribution in [3.63, 3.8) is 0 Å². The van der Waals surface area contributed by atoms with Crippen LogP contribution in [0.5, 0.6) is 0 Å². The molecule has 1 fully saturated rings. The van der Waals surface area contributed by atoms with Gasteiger partial charge in [0.25, 0.3) is 0 Å². The predicted octanol–water partition coefficient (Wildman–Crippen LogP) is 3.23. The maximum atomic E-state index is 12.9. The monoisotopic (exact) mass is 296 g/mol. The van der Waals surface area contributed by atoms with Crippen LogP contribution >= 0.6 is 0 Å². The summed E-state index contributed by atoms with van der Waals surface area (Å²) >= 11 is 0. The molecule has 4 amide bonds. The van der Waals surface area contributed by atoms with E-state index >= 15 is 0 Å². The molecule has 1 heterocycles. The van der Waals surface area contributed by atoms with Crippen LogP contribution in [-0.4, -0.2) is 28.8 Å². The van der Waals surface area contributed by atoms with E-state index in [1.807, 2.05) is 20.8 Å². The Bertz CT molecular complexity index is 402. The van der Waals surface area contributed by atoms with E-state index in [1.54, 1.807) is 0 Å². The highest BCUT2D eigenvalue weighted by molar-refractivity contribution is 6.19. The fourth-order valence-electron chi connectivity index (χ4n) is 3.08. The second-order valence-electron chi connectivity index (χ2n) is 5.81. The summed E-state index contributed by atoms with van der Waals surface area (Å²) in [6.07, 6.45) is 5.34. The van der Waals surface area contributed by atoms with Crippen LogP contribution in [0.1, 0.15) is 72.6 Å². The summed E-state index contributed by atoms with van der Waals surface area (Å²) in [4.78, 5) is 38.5. The average Bonchev–Trinajstić information content (AvgIpc) is 2.45. The Morgan fingerprint density at radius 1 is 1.00 bits per heavy atom. The number of carbonyl (C=O) groups is 3. The van der Waals surface area contributed by atoms with Crippen molar-refractivity contribution in [2.24, 2.45) is 5.41 Å². The third-order valence-electron chi connectivity index (χ3n) is 4.59. The molecule has 1 N–H and O–H groups in total. The molecular weight excluding hydrogens is 268 g/mol. The Kier molecular flexibility index (Phi) is 6.37. The number of nitrogens with one attached hydrogen (secondary N) is 1. The van der Waals surface area contributed by atoms with E-state index in [0.29, 0.717) is 12.8 Å². The minimum Gasteiger partial charge on any atom is -0.277 e. The van der Waals surface area contributed by atoms with E-state index in [9.17, 15) is 14.4 Å². The molecule has 1 aliphatic heterocycles. The van der Waals surface area contributed by atoms with E-state index in [4.69, 9.17) is 0 Å². The van der Waals surface area contributed by atoms with E-state index in [-0.39, 0.29) is 11.9 Å². The number of unbranched alkanes of at least 4 members (excludes halogenated alkanes) is 1. The van der Waals surface area contributed by atoms with Gasteiger partial charge in [-0.1, -0.05) is 47.0 Å². The van der Waals surface area contributed by atoms with Gasteiger partial charge in [-0.05, 0) is 25.7 Å². The van der Waals surface area contributed by atoms with Crippen molar-refractivity contribution in [1.29, 1.82) is 0 Å². The summed E-state index contributed by atoms with van der Waals surface area (Å²) in [5.74, 6) is -0.750. The van der Waals surface area contributed by atoms with Crippen LogP contribution in [0.3, 0.4) is 0 Å². The fourth-order valence-corrected chi connectivity index (χ4v) is 3.08. The van der Waals surface area contributed by atoms with Crippen LogP contribution in [-0.2, 0) is 9.59 Å². The standard InChI is InChI=1S/C16H28N2O3/c1-5-9-11-12(10-6-2)18-14(20)16(7-3,8-4)13(19)17-15(18)21/h12H,5-11H2,1-4H3,(H,17,19,21). The highest BCUT2D eigenvalue weighted by Gasteiger charge is 2.52. The molecule has 21 heavy (non-hydrogen) atoms. The molecule has 0 aromatic rings. The Labute approximate surface area is 127 Å². The maximum absolute atomic E-state index is 12.9. The molecule has 1 unspecified atom stereocenters. The molecule has 0 radical (unpaired) electrons. The van der Waals surface area contributed by atoms with Crippen molar-refractivity contribution in [3.05, 3.63) is 0 Å². The molecule has 0 aliphatic carbocycles. The number of nitrogens with zero attached hydrogens (tertiary/aromatic N) is 1. The maximum Gasteiger partial charge on any atom is 0.331 e. The minimum absolute atomic E-state index is 0.104. The second kappa shape index (κ2) is 7.57. The van der Waals surface area contributed by atoms with Crippen molar-refractivity contribution in [1.82, 2.24) is 10.2 Å². The van der Waals surface area contributed by atoms with Crippen LogP contribution < -0.4 is 5.32 Å². The molecule has 1 atom stereocenters. The first-order valence-corrected chi connectivity index (χ1v) is 8.17. The van der Waals surface area contributed by atoms with Gasteiger partial charge in [-0.15, -0.1) is 0 Å². The average molecular weight is 296 g/mol. The van der Waals surface area contributed by atoms with Gasteiger partial charge in [0, 0.05) is 6.04 Å². The lowest BCUT2D eigenvalue weighted by Gasteiger charge is -2.41. The van der Waals surface area contributed by atoms with Crippen molar-refractivity contribution in [2.45, 2.75) is 78.7 Å². The van der Waals surface area contributed by atoms with Gasteiger partial charge >= 0.3 is 6.03 Å². The zero-order valence-electron chi connectivity index (χ0n) is 13.7. The van der Waals surface area contributed by atoms with Gasteiger partial charge in [-0.2, -0.15) is 0 Å². The smallest absolute Gasteiger partial charge is 0.277 e. The summed E-state index contributed by atoms with van der Waals surface area (Å²) in [5.41, 5.74) is -1.08. The van der Waals surface area contributed by atoms with E-state index in [0.717, 1.165) is 32.1 Å². The number of carbonyl (C=O) groups excluding carboxylic acids is 3. The van der Waals surface area contributed by atoms with Crippen molar-refractivity contribution < 1.29 is 14.4 Å². The summed E-state index contributed by atoms with van der Waals surface area (Å²) < 4.78 is 0. The molecule has 5 heteroatoms. The van der Waals surface area contributed by atoms with Gasteiger partial charge in [0.2, 0.25) is 11.8 Å². The molecule has 0 aromatic carbocycles. The zero-order chi connectivity index (χ0) is 16.0. The largest absolute Gasteiger partial charge is 0.331 e. The van der Waals surface area contributed by atoms with Crippen molar-refractivity contribution in [2.75, 3.05) is 0 Å². The summed E-state index contributed by atoms with van der Waals surface area (Å²) in [6.45, 7) is 7.79. The van der Waals surface area contributed by atoms with E-state index in [2.05, 4.69) is 12.2 Å². The quantitative estimate of drug-likeness (QED) is 0.699. The number of barbiturate groups is 1. The Morgan fingerprint density at radius 3 is 2.10 bits per heavy atom. The molecule has 1 rings (SSSR count). The third kappa shape index (κ3) is 3.27. The first-order valence-electron chi connectivity index (χ1n) is 8.17. The molecule has 0 aromatic heterocycles. The number of hydrogen-bond donors (Lipinski definition) is 1. The summed E-state index contributed by atoms with van der Waals surface area (Å²) in [7, 11) is 0. The van der Waals surface area contributed by atoms with Gasteiger partial charge in [-0.25, -0.2) is 4.79 Å². The number of imide groups is 2. The normalized spacial score (nSPS) is 19.6. The van der Waals surface area contributed by atoms with E-state index < -0.39 is 17.4 Å². The van der Waals surface area contributed by atoms with Gasteiger partial charge in [-0.3, -0.25) is 19.8 Å². The number of hydrogen-bond acceptors (Lipinski definition) is 3. The van der Waals surface area contributed by atoms with Crippen LogP contribution in [0.15, 0.2) is 0 Å². The van der Waals surface area contributed by atoms with Crippen LogP contribution in [0, 0.1) is 5.41 Å². The Balaban J connectivity index is 3.09. The molecule has 1 saturated heterocycles. The van der Waals surface area contributed by atoms with Crippen molar-refractivity contribution >= 4 is 17.8 Å². The fraction of sp³-hybridized carbons (Fsp3) is 0.812. The molecule has 0 spiro atoms. The van der Waals surface area contributed by atoms with Gasteiger partial charge in [0.15, 0.2) is 0 Å². The highest BCUT2D eigenvalue weighted by Crippen LogP contribution is 2.34. The van der Waals surface area contributed by atoms with Gasteiger partial charge < -0.3 is 0 Å². The second-order valence-corrected chi connectivity index (χ2v) is 5.81. The highest BCUT2D eigenvalue weighted by atomic mass is 16.2. The first-order chi connectivity index (χ1) is 9.98. The van der Waals surface area contributed by atoms with Crippen molar-refractivity contribution in [3.8, 4) is 0 Å². The minimum atomic E-state index is -1.08. The SMILES string of the molecule is CCCCC(CCC)N1C(=O)NC(=O)C(CC)(CC)C1=O. The zero-order valence-corrected chi connectivity index (χ0v) is 13.7. The number of amides is 4. The molecule has 1 aliphatic rings. The Morgan fingerprint density at radius 2 is 1.62 bits per heavy atom. The third-order valence-corrected chi connectivity index (χ3v) is 4.59. The lowest BCUT2D eigenvalue weighted by Crippen LogP contribution is -2.65. The summed E-state index contributed by atoms with van der Waals surface area (Å²) in [5, 5.41) is 2.40. The van der Waals surface area contributed by atoms with Crippen LogP contribution in [0.2, 0.25) is 0 Å². The molecule has 0 saturated carbocycles. The molecule has 120 valence electrons.